The average Bonchev–Trinajstić information content (AvgIpc) is 3.21. The zero-order chi connectivity index (χ0) is 15.0. The Bertz CT molecular complexity index is 673. The Labute approximate surface area is 129 Å². The zero-order valence-corrected chi connectivity index (χ0v) is 13.2. The van der Waals surface area contributed by atoms with E-state index in [4.69, 9.17) is 5.73 Å². The van der Waals surface area contributed by atoms with Gasteiger partial charge in [-0.3, -0.25) is 4.79 Å². The first-order valence-corrected chi connectivity index (χ1v) is 8.06. The first-order chi connectivity index (χ1) is 10.0. The number of carbonyl (C=O) groups excluding carboxylic acids is 1. The number of hydrogen-bond acceptors (Lipinski definition) is 4. The molecule has 2 aromatic rings. The minimum Gasteiger partial charge on any atom is -0.397 e. The minimum absolute atomic E-state index is 0.223. The molecule has 0 atom stereocenters. The molecule has 3 rings (SSSR count). The van der Waals surface area contributed by atoms with Crippen molar-refractivity contribution in [3.63, 3.8) is 0 Å². The van der Waals surface area contributed by atoms with Crippen molar-refractivity contribution in [3.05, 3.63) is 46.3 Å². The maximum atomic E-state index is 12.2. The molecule has 0 amide bonds. The molecule has 0 unspecified atom stereocenters. The molecule has 1 saturated carbocycles. The van der Waals surface area contributed by atoms with E-state index < -0.39 is 0 Å². The lowest BCUT2D eigenvalue weighted by Gasteiger charge is -2.17. The van der Waals surface area contributed by atoms with E-state index in [9.17, 15) is 4.79 Å². The first kappa shape index (κ1) is 14.1. The third kappa shape index (κ3) is 3.10. The van der Waals surface area contributed by atoms with Crippen LogP contribution in [0.15, 0.2) is 30.3 Å². The molecule has 1 fully saturated rings. The quantitative estimate of drug-likeness (QED) is 0.853. The Morgan fingerprint density at radius 3 is 2.81 bits per heavy atom. The molecule has 0 radical (unpaired) electrons. The number of ketones is 1. The summed E-state index contributed by atoms with van der Waals surface area (Å²) >= 11 is 1.52. The van der Waals surface area contributed by atoms with Crippen molar-refractivity contribution < 1.29 is 4.79 Å². The molecule has 0 saturated heterocycles. The van der Waals surface area contributed by atoms with E-state index in [2.05, 4.69) is 36.1 Å². The van der Waals surface area contributed by atoms with Gasteiger partial charge in [0.15, 0.2) is 5.78 Å². The molecular weight excluding hydrogens is 280 g/mol. The average molecular weight is 300 g/mol. The molecule has 0 bridgehead atoms. The summed E-state index contributed by atoms with van der Waals surface area (Å²) in [4.78, 5) is 15.1. The number of nitrogens with two attached hydrogens (primary N) is 1. The van der Waals surface area contributed by atoms with Gasteiger partial charge in [-0.1, -0.05) is 29.8 Å². The van der Waals surface area contributed by atoms with Crippen LogP contribution < -0.4 is 10.6 Å². The van der Waals surface area contributed by atoms with Crippen LogP contribution >= 0.6 is 11.3 Å². The summed E-state index contributed by atoms with van der Waals surface area (Å²) in [6.45, 7) is 2.91. The first-order valence-electron chi connectivity index (χ1n) is 7.25. The van der Waals surface area contributed by atoms with Crippen LogP contribution in [0.5, 0.6) is 0 Å². The van der Waals surface area contributed by atoms with E-state index in [0.717, 1.165) is 29.3 Å². The van der Waals surface area contributed by atoms with E-state index >= 15 is 0 Å². The van der Waals surface area contributed by atoms with Gasteiger partial charge in [0.1, 0.15) is 0 Å². The molecule has 1 aromatic heterocycles. The van der Waals surface area contributed by atoms with E-state index in [1.807, 2.05) is 13.1 Å². The van der Waals surface area contributed by atoms with E-state index in [0.29, 0.717) is 5.69 Å². The predicted octanol–water partition coefficient (Wildman–Crippen LogP) is 3.87. The molecule has 2 N–H and O–H groups in total. The fourth-order valence-corrected chi connectivity index (χ4v) is 3.52. The fraction of sp³-hybridized carbons (Fsp3) is 0.353. The summed E-state index contributed by atoms with van der Waals surface area (Å²) in [5.74, 6) is 0.452. The van der Waals surface area contributed by atoms with Gasteiger partial charge in [-0.05, 0) is 31.4 Å². The van der Waals surface area contributed by atoms with Crippen LogP contribution in [0.2, 0.25) is 0 Å². The van der Waals surface area contributed by atoms with Gasteiger partial charge in [0.2, 0.25) is 0 Å². The standard InChI is InChI=1S/C17H20N2OS/c1-11-4-3-5-12(8-11)10-19(2)15-9-14(18)17(21-15)16(20)13-6-7-13/h3-5,8-9,13H,6-7,10,18H2,1-2H3. The smallest absolute Gasteiger partial charge is 0.178 e. The summed E-state index contributed by atoms with van der Waals surface area (Å²) in [7, 11) is 2.04. The van der Waals surface area contributed by atoms with Gasteiger partial charge >= 0.3 is 0 Å². The van der Waals surface area contributed by atoms with Crippen molar-refractivity contribution in [1.82, 2.24) is 0 Å². The third-order valence-corrected chi connectivity index (χ3v) is 5.08. The summed E-state index contributed by atoms with van der Waals surface area (Å²) in [5, 5.41) is 1.05. The fourth-order valence-electron chi connectivity index (χ4n) is 2.47. The monoisotopic (exact) mass is 300 g/mol. The lowest BCUT2D eigenvalue weighted by molar-refractivity contribution is 0.0972. The number of rotatable bonds is 5. The van der Waals surface area contributed by atoms with Crippen molar-refractivity contribution >= 4 is 27.8 Å². The largest absolute Gasteiger partial charge is 0.397 e. The molecule has 1 aliphatic carbocycles. The summed E-state index contributed by atoms with van der Waals surface area (Å²) < 4.78 is 0. The Balaban J connectivity index is 1.77. The predicted molar refractivity (Wildman–Crippen MR) is 89.1 cm³/mol. The highest BCUT2D eigenvalue weighted by Gasteiger charge is 2.32. The van der Waals surface area contributed by atoms with Gasteiger partial charge in [-0.25, -0.2) is 0 Å². The van der Waals surface area contributed by atoms with Crippen molar-refractivity contribution in [3.8, 4) is 0 Å². The number of nitrogens with zero attached hydrogens (tertiary/aromatic N) is 1. The highest BCUT2D eigenvalue weighted by molar-refractivity contribution is 7.18. The van der Waals surface area contributed by atoms with Gasteiger partial charge in [-0.2, -0.15) is 0 Å². The van der Waals surface area contributed by atoms with Gasteiger partial charge < -0.3 is 10.6 Å². The maximum absolute atomic E-state index is 12.2. The van der Waals surface area contributed by atoms with Crippen molar-refractivity contribution in [2.75, 3.05) is 17.7 Å². The molecule has 1 heterocycles. The number of benzene rings is 1. The number of aryl methyl sites for hydroxylation is 1. The molecule has 3 nitrogen and oxygen atoms in total. The van der Waals surface area contributed by atoms with Crippen LogP contribution in [-0.2, 0) is 6.54 Å². The van der Waals surface area contributed by atoms with Gasteiger partial charge in [0.05, 0.1) is 15.6 Å². The second kappa shape index (κ2) is 5.53. The second-order valence-electron chi connectivity index (χ2n) is 5.85. The van der Waals surface area contributed by atoms with Crippen LogP contribution in [0.25, 0.3) is 0 Å². The molecule has 1 aromatic carbocycles. The van der Waals surface area contributed by atoms with Crippen LogP contribution in [0.4, 0.5) is 10.7 Å². The van der Waals surface area contributed by atoms with Crippen LogP contribution in [0.1, 0.15) is 33.6 Å². The van der Waals surface area contributed by atoms with Crippen LogP contribution in [-0.4, -0.2) is 12.8 Å². The number of nitrogen functional groups attached to an aromatic ring is 1. The van der Waals surface area contributed by atoms with Gasteiger partial charge in [0.25, 0.3) is 0 Å². The Kier molecular flexibility index (Phi) is 3.72. The maximum Gasteiger partial charge on any atom is 0.178 e. The molecule has 110 valence electrons. The van der Waals surface area contributed by atoms with E-state index in [1.54, 1.807) is 0 Å². The number of anilines is 2. The lowest BCUT2D eigenvalue weighted by Crippen LogP contribution is -2.15. The number of hydrogen-bond donors (Lipinski definition) is 1. The topological polar surface area (TPSA) is 46.3 Å². The minimum atomic E-state index is 0.223. The summed E-state index contributed by atoms with van der Waals surface area (Å²) in [6, 6.07) is 10.4. The molecule has 21 heavy (non-hydrogen) atoms. The Morgan fingerprint density at radius 2 is 2.14 bits per heavy atom. The molecule has 1 aliphatic rings. The number of thiophene rings is 1. The van der Waals surface area contributed by atoms with Crippen molar-refractivity contribution in [2.24, 2.45) is 5.92 Å². The molecular formula is C17H20N2OS. The Morgan fingerprint density at radius 1 is 1.38 bits per heavy atom. The highest BCUT2D eigenvalue weighted by Crippen LogP contribution is 2.39. The van der Waals surface area contributed by atoms with Gasteiger partial charge in [0, 0.05) is 19.5 Å². The lowest BCUT2D eigenvalue weighted by atomic mass is 10.1. The molecule has 0 spiro atoms. The van der Waals surface area contributed by atoms with E-state index in [-0.39, 0.29) is 11.7 Å². The van der Waals surface area contributed by atoms with Crippen molar-refractivity contribution in [2.45, 2.75) is 26.3 Å². The normalized spacial score (nSPS) is 14.2. The Hall–Kier alpha value is -1.81. The second-order valence-corrected chi connectivity index (χ2v) is 6.88. The van der Waals surface area contributed by atoms with Gasteiger partial charge in [-0.15, -0.1) is 11.3 Å². The van der Waals surface area contributed by atoms with Crippen LogP contribution in [0, 0.1) is 12.8 Å². The van der Waals surface area contributed by atoms with E-state index in [1.165, 1.54) is 22.5 Å². The number of carbonyl (C=O) groups is 1. The molecule has 0 aliphatic heterocycles. The summed E-state index contributed by atoms with van der Waals surface area (Å²) in [5.41, 5.74) is 9.18. The van der Waals surface area contributed by atoms with Crippen LogP contribution in [0.3, 0.4) is 0 Å². The third-order valence-electron chi connectivity index (χ3n) is 3.80. The SMILES string of the molecule is Cc1cccc(CN(C)c2cc(N)c(C(=O)C3CC3)s2)c1. The molecule has 4 heteroatoms. The summed E-state index contributed by atoms with van der Waals surface area (Å²) in [6.07, 6.45) is 2.04. The number of Topliss-reactive ketones (excluding diaryl/α,β-unsaturated/α-hetero) is 1. The highest BCUT2D eigenvalue weighted by atomic mass is 32.1. The van der Waals surface area contributed by atoms with Crippen molar-refractivity contribution in [1.29, 1.82) is 0 Å². The zero-order valence-electron chi connectivity index (χ0n) is 12.4.